The number of nitrogens with one attached hydrogen (secondary N) is 1. The van der Waals surface area contributed by atoms with Crippen molar-refractivity contribution in [1.29, 1.82) is 0 Å². The molecule has 0 bridgehead atoms. The van der Waals surface area contributed by atoms with Gasteiger partial charge < -0.3 is 19.5 Å². The van der Waals surface area contributed by atoms with Crippen molar-refractivity contribution in [3.63, 3.8) is 0 Å². The number of hydrogen-bond donors (Lipinski definition) is 1. The van der Waals surface area contributed by atoms with E-state index < -0.39 is 0 Å². The van der Waals surface area contributed by atoms with Crippen molar-refractivity contribution < 1.29 is 18.8 Å². The fraction of sp³-hybridized carbons (Fsp3) is 0.476. The first-order chi connectivity index (χ1) is 14.0. The number of aryl methyl sites for hydroxylation is 2. The fourth-order valence-corrected chi connectivity index (χ4v) is 3.25. The number of piperazine rings is 1. The topological polar surface area (TPSA) is 87.9 Å². The van der Waals surface area contributed by atoms with Crippen LogP contribution in [-0.4, -0.2) is 66.1 Å². The normalized spacial score (nSPS) is 14.6. The van der Waals surface area contributed by atoms with Gasteiger partial charge in [0.2, 0.25) is 11.8 Å². The maximum Gasteiger partial charge on any atom is 0.239 e. The number of nitrogens with zero attached hydrogens (tertiary/aromatic N) is 3. The van der Waals surface area contributed by atoms with E-state index in [1.54, 1.807) is 13.0 Å². The Labute approximate surface area is 170 Å². The molecule has 156 valence electrons. The summed E-state index contributed by atoms with van der Waals surface area (Å²) in [6.45, 7) is 7.20. The van der Waals surface area contributed by atoms with Crippen molar-refractivity contribution in [1.82, 2.24) is 15.0 Å². The molecule has 0 aliphatic carbocycles. The van der Waals surface area contributed by atoms with Crippen LogP contribution in [-0.2, 0) is 9.59 Å². The van der Waals surface area contributed by atoms with Crippen LogP contribution in [0.25, 0.3) is 0 Å². The average Bonchev–Trinajstić information content (AvgIpc) is 3.11. The number of carbonyl (C=O) groups excluding carboxylic acids is 2. The van der Waals surface area contributed by atoms with Crippen molar-refractivity contribution in [2.24, 2.45) is 0 Å². The van der Waals surface area contributed by atoms with Crippen LogP contribution in [0.2, 0.25) is 0 Å². The molecule has 2 aromatic rings. The van der Waals surface area contributed by atoms with E-state index in [9.17, 15) is 9.59 Å². The summed E-state index contributed by atoms with van der Waals surface area (Å²) in [5.41, 5.74) is 1.10. The van der Waals surface area contributed by atoms with Gasteiger partial charge in [0.25, 0.3) is 0 Å². The molecule has 8 heteroatoms. The summed E-state index contributed by atoms with van der Waals surface area (Å²) in [6, 6.07) is 9.55. The fourth-order valence-electron chi connectivity index (χ4n) is 3.25. The third-order valence-electron chi connectivity index (χ3n) is 4.87. The first-order valence-corrected chi connectivity index (χ1v) is 9.93. The minimum absolute atomic E-state index is 0.133. The van der Waals surface area contributed by atoms with Gasteiger partial charge in [-0.15, -0.1) is 0 Å². The number of hydrogen-bond acceptors (Lipinski definition) is 6. The average molecular weight is 400 g/mol. The van der Waals surface area contributed by atoms with Gasteiger partial charge >= 0.3 is 0 Å². The highest BCUT2D eigenvalue weighted by Gasteiger charge is 2.22. The second-order valence-electron chi connectivity index (χ2n) is 7.25. The summed E-state index contributed by atoms with van der Waals surface area (Å²) in [7, 11) is 0. The molecule has 8 nitrogen and oxygen atoms in total. The predicted molar refractivity (Wildman–Crippen MR) is 109 cm³/mol. The van der Waals surface area contributed by atoms with Crippen molar-refractivity contribution >= 4 is 17.6 Å². The highest BCUT2D eigenvalue weighted by atomic mass is 16.5. The predicted octanol–water partition coefficient (Wildman–Crippen LogP) is 2.23. The molecule has 29 heavy (non-hydrogen) atoms. The molecule has 3 rings (SSSR count). The Morgan fingerprint density at radius 3 is 2.62 bits per heavy atom. The van der Waals surface area contributed by atoms with Gasteiger partial charge in [-0.1, -0.05) is 23.4 Å². The molecule has 1 aliphatic heterocycles. The van der Waals surface area contributed by atoms with Crippen molar-refractivity contribution in [2.75, 3.05) is 44.6 Å². The highest BCUT2D eigenvalue weighted by Crippen LogP contribution is 2.16. The van der Waals surface area contributed by atoms with E-state index in [2.05, 4.69) is 10.5 Å². The van der Waals surface area contributed by atoms with Crippen LogP contribution in [0, 0.1) is 13.8 Å². The zero-order valence-electron chi connectivity index (χ0n) is 17.0. The Morgan fingerprint density at radius 1 is 1.17 bits per heavy atom. The van der Waals surface area contributed by atoms with Crippen molar-refractivity contribution in [2.45, 2.75) is 26.7 Å². The summed E-state index contributed by atoms with van der Waals surface area (Å²) in [5, 5.41) is 6.47. The third kappa shape index (κ3) is 6.32. The summed E-state index contributed by atoms with van der Waals surface area (Å²) in [6.07, 6.45) is 1.16. The maximum absolute atomic E-state index is 12.4. The van der Waals surface area contributed by atoms with Crippen LogP contribution in [0.15, 0.2) is 34.9 Å². The maximum atomic E-state index is 12.4. The molecule has 2 heterocycles. The lowest BCUT2D eigenvalue weighted by molar-refractivity contribution is -0.133. The first kappa shape index (κ1) is 20.9. The largest absolute Gasteiger partial charge is 0.493 e. The molecule has 1 saturated heterocycles. The zero-order valence-corrected chi connectivity index (χ0v) is 17.0. The number of carbonyl (C=O) groups is 2. The second-order valence-corrected chi connectivity index (χ2v) is 7.25. The van der Waals surface area contributed by atoms with E-state index in [1.807, 2.05) is 41.0 Å². The van der Waals surface area contributed by atoms with Crippen LogP contribution < -0.4 is 10.1 Å². The Kier molecular flexibility index (Phi) is 7.24. The lowest BCUT2D eigenvalue weighted by atomic mass is 10.2. The lowest BCUT2D eigenvalue weighted by Crippen LogP contribution is -2.50. The van der Waals surface area contributed by atoms with E-state index in [0.717, 1.165) is 11.3 Å². The van der Waals surface area contributed by atoms with Gasteiger partial charge in [-0.25, -0.2) is 0 Å². The smallest absolute Gasteiger partial charge is 0.239 e. The number of rotatable bonds is 8. The van der Waals surface area contributed by atoms with Gasteiger partial charge in [-0.05, 0) is 31.9 Å². The van der Waals surface area contributed by atoms with Gasteiger partial charge in [0.05, 0.1) is 13.2 Å². The van der Waals surface area contributed by atoms with E-state index >= 15 is 0 Å². The van der Waals surface area contributed by atoms with Crippen molar-refractivity contribution in [3.8, 4) is 5.75 Å². The first-order valence-electron chi connectivity index (χ1n) is 9.93. The second kappa shape index (κ2) is 10.1. The molecule has 1 aromatic carbocycles. The van der Waals surface area contributed by atoms with Gasteiger partial charge in [0.15, 0.2) is 5.82 Å². The van der Waals surface area contributed by atoms with Crippen LogP contribution in [0.3, 0.4) is 0 Å². The van der Waals surface area contributed by atoms with E-state index in [0.29, 0.717) is 57.2 Å². The quantitative estimate of drug-likeness (QED) is 0.684. The number of aromatic nitrogens is 1. The Hall–Kier alpha value is -2.87. The molecule has 1 aromatic heterocycles. The zero-order chi connectivity index (χ0) is 20.6. The number of benzene rings is 1. The minimum atomic E-state index is -0.133. The van der Waals surface area contributed by atoms with Crippen LogP contribution in [0.4, 0.5) is 5.82 Å². The molecule has 0 saturated carbocycles. The van der Waals surface area contributed by atoms with Crippen LogP contribution in [0.1, 0.15) is 24.2 Å². The molecule has 0 radical (unpaired) electrons. The van der Waals surface area contributed by atoms with Crippen molar-refractivity contribution in [3.05, 3.63) is 41.7 Å². The standard InChI is InChI=1S/C21H28N4O4/c1-16-6-3-4-7-18(16)28-13-5-8-21(27)25-11-9-24(10-12-25)15-20(26)22-19-14-17(2)29-23-19/h3-4,6-7,14H,5,8-13,15H2,1-2H3,(H,22,23,26). The number of amides is 2. The van der Waals surface area contributed by atoms with E-state index in [1.165, 1.54) is 0 Å². The molecule has 0 spiro atoms. The SMILES string of the molecule is Cc1cc(NC(=O)CN2CCN(C(=O)CCCOc3ccccc3C)CC2)no1. The van der Waals surface area contributed by atoms with Crippen LogP contribution in [0.5, 0.6) is 5.75 Å². The minimum Gasteiger partial charge on any atom is -0.493 e. The molecule has 1 fully saturated rings. The van der Waals surface area contributed by atoms with Gasteiger partial charge in [0.1, 0.15) is 11.5 Å². The van der Waals surface area contributed by atoms with E-state index in [4.69, 9.17) is 9.26 Å². The Balaban J connectivity index is 1.31. The lowest BCUT2D eigenvalue weighted by Gasteiger charge is -2.34. The molecule has 0 unspecified atom stereocenters. The van der Waals surface area contributed by atoms with Gasteiger partial charge in [-0.3, -0.25) is 14.5 Å². The summed E-state index contributed by atoms with van der Waals surface area (Å²) < 4.78 is 10.7. The summed E-state index contributed by atoms with van der Waals surface area (Å²) in [5.74, 6) is 1.95. The van der Waals surface area contributed by atoms with Gasteiger partial charge in [0, 0.05) is 38.7 Å². The number of anilines is 1. The molecule has 1 aliphatic rings. The molecule has 2 amide bonds. The Morgan fingerprint density at radius 2 is 1.93 bits per heavy atom. The van der Waals surface area contributed by atoms with Gasteiger partial charge in [-0.2, -0.15) is 0 Å². The third-order valence-corrected chi connectivity index (χ3v) is 4.87. The summed E-state index contributed by atoms with van der Waals surface area (Å²) in [4.78, 5) is 28.4. The molecule has 1 N–H and O–H groups in total. The van der Waals surface area contributed by atoms with Crippen LogP contribution >= 0.6 is 0 Å². The highest BCUT2D eigenvalue weighted by molar-refractivity contribution is 5.91. The molecule has 0 atom stereocenters. The monoisotopic (exact) mass is 400 g/mol. The molecular weight excluding hydrogens is 372 g/mol. The summed E-state index contributed by atoms with van der Waals surface area (Å²) >= 11 is 0. The molecular formula is C21H28N4O4. The number of ether oxygens (including phenoxy) is 1. The van der Waals surface area contributed by atoms with E-state index in [-0.39, 0.29) is 18.4 Å². The number of para-hydroxylation sites is 1. The Bertz CT molecular complexity index is 828.